The van der Waals surface area contributed by atoms with Gasteiger partial charge in [-0.25, -0.2) is 14.0 Å². The number of rotatable bonds is 11. The van der Waals surface area contributed by atoms with Gasteiger partial charge in [0.2, 0.25) is 0 Å². The number of aromatic carboxylic acids is 1. The molecule has 0 bridgehead atoms. The Labute approximate surface area is 285 Å². The van der Waals surface area contributed by atoms with Gasteiger partial charge < -0.3 is 14.9 Å². The van der Waals surface area contributed by atoms with Crippen LogP contribution in [0.3, 0.4) is 0 Å². The van der Waals surface area contributed by atoms with Gasteiger partial charge in [0.25, 0.3) is 0 Å². The zero-order chi connectivity index (χ0) is 28.6. The van der Waals surface area contributed by atoms with Gasteiger partial charge in [-0.2, -0.15) is 0 Å². The second kappa shape index (κ2) is 16.5. The second-order valence-electron chi connectivity index (χ2n) is 8.68. The van der Waals surface area contributed by atoms with Gasteiger partial charge in [-0.3, -0.25) is 14.6 Å². The SMILES string of the molecule is CCc1cc(-c2ccc(F)cc2)c(O)cc1OCCC(=O)OOc1cccc(C(=O)c2ccccc2C(=O)O)c1.[NaH].[NaH]. The summed E-state index contributed by atoms with van der Waals surface area (Å²) in [6.07, 6.45) is 0.414. The molecule has 0 aliphatic heterocycles. The molecule has 0 aromatic heterocycles. The zero-order valence-electron chi connectivity index (χ0n) is 21.4. The fourth-order valence-corrected chi connectivity index (χ4v) is 3.98. The summed E-state index contributed by atoms with van der Waals surface area (Å²) in [6.45, 7) is 1.85. The molecule has 0 radical (unpaired) electrons. The van der Waals surface area contributed by atoms with Crippen LogP contribution in [0.15, 0.2) is 84.9 Å². The molecule has 0 saturated heterocycles. The van der Waals surface area contributed by atoms with Crippen LogP contribution in [-0.4, -0.2) is 93.7 Å². The van der Waals surface area contributed by atoms with E-state index in [1.54, 1.807) is 24.3 Å². The Morgan fingerprint density at radius 3 is 2.21 bits per heavy atom. The van der Waals surface area contributed by atoms with E-state index in [1.165, 1.54) is 60.7 Å². The van der Waals surface area contributed by atoms with Gasteiger partial charge in [0.1, 0.15) is 17.3 Å². The summed E-state index contributed by atoms with van der Waals surface area (Å²) in [5.74, 6) is -2.45. The van der Waals surface area contributed by atoms with E-state index < -0.39 is 17.7 Å². The first-order valence-electron chi connectivity index (χ1n) is 12.4. The van der Waals surface area contributed by atoms with E-state index in [0.29, 0.717) is 23.3 Å². The van der Waals surface area contributed by atoms with Crippen LogP contribution < -0.4 is 9.62 Å². The number of aryl methyl sites for hydroxylation is 1. The third-order valence-corrected chi connectivity index (χ3v) is 6.01. The Morgan fingerprint density at radius 1 is 0.857 bits per heavy atom. The molecule has 11 heteroatoms. The van der Waals surface area contributed by atoms with E-state index in [9.17, 15) is 29.0 Å². The number of ether oxygens (including phenoxy) is 1. The number of benzene rings is 4. The normalized spacial score (nSPS) is 10.0. The molecular formula is C31H27FNa2O8. The number of carboxylic acids is 1. The molecule has 0 aliphatic rings. The molecule has 42 heavy (non-hydrogen) atoms. The monoisotopic (exact) mass is 592 g/mol. The molecule has 8 nitrogen and oxygen atoms in total. The van der Waals surface area contributed by atoms with Crippen LogP contribution in [-0.2, 0) is 16.1 Å². The number of carbonyl (C=O) groups excluding carboxylic acids is 2. The fraction of sp³-hybridized carbons (Fsp3) is 0.129. The van der Waals surface area contributed by atoms with Crippen LogP contribution in [0.5, 0.6) is 17.2 Å². The average molecular weight is 593 g/mol. The molecule has 0 unspecified atom stereocenters. The molecule has 2 N–H and O–H groups in total. The van der Waals surface area contributed by atoms with Crippen molar-refractivity contribution in [2.45, 2.75) is 19.8 Å². The van der Waals surface area contributed by atoms with Gasteiger partial charge in [0.05, 0.1) is 18.6 Å². The first kappa shape index (κ1) is 35.0. The number of carbonyl (C=O) groups is 3. The number of aromatic hydroxyl groups is 1. The van der Waals surface area contributed by atoms with E-state index in [0.717, 1.165) is 5.56 Å². The topological polar surface area (TPSA) is 119 Å². The molecule has 0 atom stereocenters. The minimum atomic E-state index is -1.22. The average Bonchev–Trinajstić information content (AvgIpc) is 2.96. The number of phenolic OH excluding ortho intramolecular Hbond substituents is 1. The van der Waals surface area contributed by atoms with Crippen molar-refractivity contribution in [3.05, 3.63) is 113 Å². The standard InChI is InChI=1S/C31H25FO8.2Na.2H/c1-2-19-17-26(20-10-12-22(32)13-11-20)27(33)18-28(19)38-15-14-29(34)40-39-23-7-5-6-21(16-23)30(35)24-8-3-4-9-25(24)31(36)37;;;;/h3-13,16-18,33H,2,14-15H2,1H3,(H,36,37);;;;. The summed E-state index contributed by atoms with van der Waals surface area (Å²) >= 11 is 0. The fourth-order valence-electron chi connectivity index (χ4n) is 3.98. The zero-order valence-corrected chi connectivity index (χ0v) is 21.4. The van der Waals surface area contributed by atoms with Crippen LogP contribution in [0.2, 0.25) is 0 Å². The molecule has 4 aromatic carbocycles. The molecule has 0 aliphatic carbocycles. The van der Waals surface area contributed by atoms with E-state index in [-0.39, 0.29) is 106 Å². The van der Waals surface area contributed by atoms with Crippen molar-refractivity contribution in [2.75, 3.05) is 6.61 Å². The third kappa shape index (κ3) is 8.91. The van der Waals surface area contributed by atoms with E-state index in [4.69, 9.17) is 14.5 Å². The molecule has 0 saturated carbocycles. The van der Waals surface area contributed by atoms with Gasteiger partial charge in [-0.1, -0.05) is 49.4 Å². The van der Waals surface area contributed by atoms with E-state index in [2.05, 4.69) is 0 Å². The number of phenols is 1. The molecule has 0 heterocycles. The number of ketones is 1. The third-order valence-electron chi connectivity index (χ3n) is 6.01. The van der Waals surface area contributed by atoms with E-state index in [1.807, 2.05) is 6.92 Å². The first-order chi connectivity index (χ1) is 19.3. The Bertz CT molecular complexity index is 1560. The predicted molar refractivity (Wildman–Crippen MR) is 157 cm³/mol. The molecule has 0 amide bonds. The van der Waals surface area contributed by atoms with Crippen molar-refractivity contribution >= 4 is 76.8 Å². The number of hydrogen-bond donors (Lipinski definition) is 2. The van der Waals surface area contributed by atoms with Crippen molar-refractivity contribution in [3.8, 4) is 28.4 Å². The Morgan fingerprint density at radius 2 is 1.55 bits per heavy atom. The predicted octanol–water partition coefficient (Wildman–Crippen LogP) is 4.70. The maximum atomic E-state index is 13.3. The van der Waals surface area contributed by atoms with E-state index >= 15 is 0 Å². The molecule has 4 rings (SSSR count). The van der Waals surface area contributed by atoms with Gasteiger partial charge in [0.15, 0.2) is 11.5 Å². The quantitative estimate of drug-likeness (QED) is 0.111. The Hall–Kier alpha value is -3.18. The number of hydrogen-bond acceptors (Lipinski definition) is 7. The van der Waals surface area contributed by atoms with Crippen molar-refractivity contribution in [1.29, 1.82) is 0 Å². The van der Waals surface area contributed by atoms with Crippen LogP contribution in [0, 0.1) is 5.82 Å². The molecular weight excluding hydrogens is 565 g/mol. The Balaban J connectivity index is 0.00000308. The molecule has 4 aromatic rings. The molecule has 0 fully saturated rings. The summed E-state index contributed by atoms with van der Waals surface area (Å²) in [6, 6.07) is 20.6. The van der Waals surface area contributed by atoms with Gasteiger partial charge in [0, 0.05) is 22.8 Å². The Kier molecular flexibility index (Phi) is 13.7. The van der Waals surface area contributed by atoms with Crippen LogP contribution >= 0.6 is 0 Å². The molecule has 208 valence electrons. The minimum absolute atomic E-state index is 0. The first-order valence-corrected chi connectivity index (χ1v) is 12.4. The summed E-state index contributed by atoms with van der Waals surface area (Å²) in [4.78, 5) is 46.4. The maximum absolute atomic E-state index is 13.3. The summed E-state index contributed by atoms with van der Waals surface area (Å²) in [5, 5.41) is 19.8. The summed E-state index contributed by atoms with van der Waals surface area (Å²) in [5.41, 5.74) is 2.01. The van der Waals surface area contributed by atoms with Gasteiger partial charge >= 0.3 is 71.1 Å². The van der Waals surface area contributed by atoms with Gasteiger partial charge in [-0.05, 0) is 53.9 Å². The van der Waals surface area contributed by atoms with Crippen molar-refractivity contribution in [3.63, 3.8) is 0 Å². The van der Waals surface area contributed by atoms with Crippen molar-refractivity contribution in [2.24, 2.45) is 0 Å². The van der Waals surface area contributed by atoms with Crippen molar-refractivity contribution < 1.29 is 43.5 Å². The summed E-state index contributed by atoms with van der Waals surface area (Å²) < 4.78 is 19.0. The van der Waals surface area contributed by atoms with Crippen molar-refractivity contribution in [1.82, 2.24) is 0 Å². The number of carboxylic acid groups (broad SMARTS) is 1. The number of halogens is 1. The molecule has 0 spiro atoms. The van der Waals surface area contributed by atoms with Crippen LogP contribution in [0.25, 0.3) is 11.1 Å². The van der Waals surface area contributed by atoms with Crippen LogP contribution in [0.4, 0.5) is 4.39 Å². The summed E-state index contributed by atoms with van der Waals surface area (Å²) in [7, 11) is 0. The second-order valence-corrected chi connectivity index (χ2v) is 8.68. The van der Waals surface area contributed by atoms with Gasteiger partial charge in [-0.15, -0.1) is 0 Å². The van der Waals surface area contributed by atoms with Crippen LogP contribution in [0.1, 0.15) is 45.2 Å².